The Morgan fingerprint density at radius 3 is 0.629 bits per heavy atom. The quantitative estimate of drug-likeness (QED) is 0.165. The van der Waals surface area contributed by atoms with Crippen molar-refractivity contribution in [3.63, 3.8) is 0 Å². The lowest BCUT2D eigenvalue weighted by Crippen LogP contribution is -2.00. The van der Waals surface area contributed by atoms with E-state index in [0.29, 0.717) is 0 Å². The summed E-state index contributed by atoms with van der Waals surface area (Å²) in [4.78, 5) is 0. The van der Waals surface area contributed by atoms with Gasteiger partial charge in [-0.25, -0.2) is 0 Å². The third kappa shape index (κ3) is 10.3. The Labute approximate surface area is 711 Å². The van der Waals surface area contributed by atoms with E-state index < -0.39 is 0 Å². The van der Waals surface area contributed by atoms with Crippen LogP contribution in [0.25, 0.3) is 286 Å². The summed E-state index contributed by atoms with van der Waals surface area (Å²) in [5, 5.41) is 24.2. The summed E-state index contributed by atoms with van der Waals surface area (Å²) in [5.41, 5.74) is 36.0. The van der Waals surface area contributed by atoms with Crippen molar-refractivity contribution < 1.29 is 17.7 Å². The fourth-order valence-electron chi connectivity index (χ4n) is 21.2. The number of para-hydroxylation sites is 4. The van der Waals surface area contributed by atoms with Gasteiger partial charge in [0.1, 0.15) is 44.7 Å². The monoisotopic (exact) mass is 1570 g/mol. The van der Waals surface area contributed by atoms with Crippen molar-refractivity contribution in [2.45, 2.75) is 0 Å². The lowest BCUT2D eigenvalue weighted by molar-refractivity contribution is 0.668. The van der Waals surface area contributed by atoms with Gasteiger partial charge in [0.2, 0.25) is 0 Å². The molecule has 4 heteroatoms. The molecule has 572 valence electrons. The maximum Gasteiger partial charge on any atom is 0.135 e. The molecule has 124 heavy (non-hydrogen) atoms. The van der Waals surface area contributed by atoms with Crippen LogP contribution in [0.2, 0.25) is 0 Å². The molecule has 0 N–H and O–H groups in total. The molecule has 0 saturated carbocycles. The molecule has 26 aromatic rings. The second kappa shape index (κ2) is 26.5. The first-order valence-electron chi connectivity index (χ1n) is 42.6. The predicted octanol–water partition coefficient (Wildman–Crippen LogP) is 34.5. The predicted molar refractivity (Wildman–Crippen MR) is 519 cm³/mol. The zero-order valence-corrected chi connectivity index (χ0v) is 66.9. The summed E-state index contributed by atoms with van der Waals surface area (Å²) in [6.45, 7) is 0. The lowest BCUT2D eigenvalue weighted by Gasteiger charge is -2.26. The van der Waals surface area contributed by atoms with Gasteiger partial charge < -0.3 is 17.7 Å². The molecule has 2 aliphatic rings. The number of benzene rings is 22. The maximum absolute atomic E-state index is 6.32. The van der Waals surface area contributed by atoms with Crippen LogP contribution in [0.3, 0.4) is 0 Å². The first-order valence-corrected chi connectivity index (χ1v) is 42.6. The van der Waals surface area contributed by atoms with Crippen LogP contribution in [0.4, 0.5) is 0 Å². The second-order valence-corrected chi connectivity index (χ2v) is 33.4. The second-order valence-electron chi connectivity index (χ2n) is 33.4. The Kier molecular flexibility index (Phi) is 14.7. The van der Waals surface area contributed by atoms with Crippen LogP contribution in [-0.4, -0.2) is 0 Å². The number of hydrogen-bond acceptors (Lipinski definition) is 4. The van der Waals surface area contributed by atoms with Crippen molar-refractivity contribution in [1.82, 2.24) is 0 Å². The fourth-order valence-corrected chi connectivity index (χ4v) is 21.2. The van der Waals surface area contributed by atoms with Crippen LogP contribution >= 0.6 is 0 Å². The molecule has 0 amide bonds. The van der Waals surface area contributed by atoms with Crippen molar-refractivity contribution in [2.24, 2.45) is 0 Å². The first-order chi connectivity index (χ1) is 61.5. The van der Waals surface area contributed by atoms with Gasteiger partial charge in [0.15, 0.2) is 0 Å². The normalized spacial score (nSPS) is 12.2. The van der Waals surface area contributed by atoms with E-state index in [9.17, 15) is 0 Å². The van der Waals surface area contributed by atoms with Crippen molar-refractivity contribution >= 4 is 152 Å². The molecule has 0 fully saturated rings. The SMILES string of the molecule is c1ccc2c(c1)-c1cc(-c3ccc4oc5ccccc5c4c3)ccc1-c1cc3c4ccccc4c4ccccc4c3cc1-c1cccc(-c3ccc4oc5ccccc5c4c3)c1-2.c1ccc2c(c1)-c1cc3c4ccccc4c4ccccc4c3cc1-c1ccc(-c3ccc4oc5ccccc5c4c3)cc1-c1cccc(-c3ccc4oc5ccccc5c4c3)c1-2. The average molecular weight is 1570 g/mol. The minimum absolute atomic E-state index is 0.895. The van der Waals surface area contributed by atoms with Crippen LogP contribution in [0.15, 0.2) is 430 Å². The molecule has 4 heterocycles. The Morgan fingerprint density at radius 1 is 0.0968 bits per heavy atom. The van der Waals surface area contributed by atoms with Crippen molar-refractivity contribution in [2.75, 3.05) is 0 Å². The summed E-state index contributed by atoms with van der Waals surface area (Å²) >= 11 is 0. The van der Waals surface area contributed by atoms with E-state index >= 15 is 0 Å². The van der Waals surface area contributed by atoms with Gasteiger partial charge in [-0.1, -0.05) is 303 Å². The van der Waals surface area contributed by atoms with E-state index in [1.54, 1.807) is 0 Å². The molecule has 0 radical (unpaired) electrons. The smallest absolute Gasteiger partial charge is 0.135 e. The van der Waals surface area contributed by atoms with Gasteiger partial charge in [0, 0.05) is 43.1 Å². The van der Waals surface area contributed by atoms with Gasteiger partial charge in [-0.3, -0.25) is 0 Å². The van der Waals surface area contributed by atoms with E-state index in [0.717, 1.165) is 121 Å². The van der Waals surface area contributed by atoms with Gasteiger partial charge in [0.05, 0.1) is 0 Å². The van der Waals surface area contributed by atoms with Crippen LogP contribution < -0.4 is 0 Å². The molecule has 0 spiro atoms. The molecule has 4 nitrogen and oxygen atoms in total. The highest BCUT2D eigenvalue weighted by molar-refractivity contribution is 6.30. The molecule has 0 bridgehead atoms. The van der Waals surface area contributed by atoms with E-state index in [1.165, 1.54) is 165 Å². The summed E-state index contributed by atoms with van der Waals surface area (Å²) in [6, 6.07) is 151. The van der Waals surface area contributed by atoms with Gasteiger partial charge >= 0.3 is 0 Å². The topological polar surface area (TPSA) is 52.6 Å². The Morgan fingerprint density at radius 2 is 0.298 bits per heavy atom. The number of furan rings is 4. The third-order valence-electron chi connectivity index (χ3n) is 26.9. The van der Waals surface area contributed by atoms with E-state index in [4.69, 9.17) is 17.7 Å². The molecule has 28 rings (SSSR count). The van der Waals surface area contributed by atoms with E-state index in [1.807, 2.05) is 36.4 Å². The van der Waals surface area contributed by atoms with Gasteiger partial charge in [0.25, 0.3) is 0 Å². The number of fused-ring (bicyclic) bond motifs is 40. The zero-order chi connectivity index (χ0) is 80.9. The Balaban J connectivity index is 0.000000130. The third-order valence-corrected chi connectivity index (χ3v) is 26.9. The summed E-state index contributed by atoms with van der Waals surface area (Å²) in [5.74, 6) is 0. The summed E-state index contributed by atoms with van der Waals surface area (Å²) in [7, 11) is 0. The van der Waals surface area contributed by atoms with E-state index in [2.05, 4.69) is 376 Å². The highest BCUT2D eigenvalue weighted by atomic mass is 16.3. The van der Waals surface area contributed by atoms with Crippen molar-refractivity contribution in [1.29, 1.82) is 0 Å². The average Bonchev–Trinajstić information content (AvgIpc) is 1.00. The molecule has 2 aliphatic carbocycles. The van der Waals surface area contributed by atoms with Crippen LogP contribution in [-0.2, 0) is 0 Å². The molecule has 0 saturated heterocycles. The fraction of sp³-hybridized carbons (Fsp3) is 0. The minimum Gasteiger partial charge on any atom is -0.456 e. The Hall–Kier alpha value is -16.4. The summed E-state index contributed by atoms with van der Waals surface area (Å²) in [6.07, 6.45) is 0. The van der Waals surface area contributed by atoms with Gasteiger partial charge in [-0.05, 0) is 307 Å². The minimum atomic E-state index is 0.895. The van der Waals surface area contributed by atoms with Crippen molar-refractivity contribution in [3.05, 3.63) is 413 Å². The molecule has 0 atom stereocenters. The van der Waals surface area contributed by atoms with Gasteiger partial charge in [-0.2, -0.15) is 0 Å². The number of rotatable bonds is 4. The van der Waals surface area contributed by atoms with Crippen LogP contribution in [0.1, 0.15) is 0 Å². The molecule has 0 unspecified atom stereocenters. The summed E-state index contributed by atoms with van der Waals surface area (Å²) < 4.78 is 25.2. The maximum atomic E-state index is 6.32. The highest BCUT2D eigenvalue weighted by Crippen LogP contribution is 2.57. The molecular weight excluding hydrogens is 1510 g/mol. The molecule has 22 aromatic carbocycles. The van der Waals surface area contributed by atoms with Crippen LogP contribution in [0, 0.1) is 0 Å². The molecule has 0 aliphatic heterocycles. The lowest BCUT2D eigenvalue weighted by atomic mass is 9.77. The van der Waals surface area contributed by atoms with Crippen LogP contribution in [0.5, 0.6) is 0 Å². The zero-order valence-electron chi connectivity index (χ0n) is 66.9. The van der Waals surface area contributed by atoms with E-state index in [-0.39, 0.29) is 0 Å². The number of hydrogen-bond donors (Lipinski definition) is 0. The largest absolute Gasteiger partial charge is 0.456 e. The molecule has 4 aromatic heterocycles. The van der Waals surface area contributed by atoms with Gasteiger partial charge in [-0.15, -0.1) is 0 Å². The highest BCUT2D eigenvalue weighted by Gasteiger charge is 2.31. The molecular formula is C120H68O4. The Bertz CT molecular complexity index is 9150. The van der Waals surface area contributed by atoms with Crippen molar-refractivity contribution in [3.8, 4) is 134 Å². The standard InChI is InChI=1S/2C60H34O2/c1-3-14-41-39(12-1)40-13-2-4-15-42(40)51-34-53-44-27-24-35(36-25-28-58-54(31-36)45-17-7-9-22-56(45)61-58)30-49(44)48-21-11-20-38(60(48)47-19-6-5-16-43(47)52(53)33-50(41)51)37-26-29-59-55(32-37)46-18-8-10-23-57(46)62-59;1-3-14-41-39(12-1)40-13-2-4-15-42(40)51-34-53-48-21-11-20-38(37-26-29-59-55(32-37)46-18-8-10-23-57(46)62-59)60(48)47-19-6-5-16-43(47)49-30-35(24-27-44(49)52(53)33-50(41)51)36-25-28-58-54(31-36)45-17-7-9-22-56(45)61-58/h2*1-34H. The first kappa shape index (κ1) is 68.5.